The molecule has 1 rings (SSSR count). The number of carbonyl (C=O) groups excluding carboxylic acids is 1. The van der Waals surface area contributed by atoms with Crippen LogP contribution in [0.15, 0.2) is 0 Å². The smallest absolute Gasteiger partial charge is 0.306 e. The number of nitrogens with two attached hydrogens (primary N) is 1. The van der Waals surface area contributed by atoms with Crippen LogP contribution in [-0.4, -0.2) is 30.1 Å². The summed E-state index contributed by atoms with van der Waals surface area (Å²) in [4.78, 5) is 22.4. The summed E-state index contributed by atoms with van der Waals surface area (Å²) in [5.74, 6) is -0.178. The van der Waals surface area contributed by atoms with Crippen molar-refractivity contribution in [3.8, 4) is 0 Å². The molecule has 0 saturated heterocycles. The molecule has 1 saturated carbocycles. The Morgan fingerprint density at radius 2 is 1.94 bits per heavy atom. The predicted molar refractivity (Wildman–Crippen MR) is 68.9 cm³/mol. The van der Waals surface area contributed by atoms with Gasteiger partial charge in [-0.05, 0) is 44.1 Å². The van der Waals surface area contributed by atoms with Crippen LogP contribution in [-0.2, 0) is 9.59 Å². The van der Waals surface area contributed by atoms with E-state index >= 15 is 0 Å². The summed E-state index contributed by atoms with van der Waals surface area (Å²) >= 11 is 0. The third-order valence-corrected chi connectivity index (χ3v) is 3.72. The molecule has 0 bridgehead atoms. The number of nitrogens with one attached hydrogen (secondary N) is 1. The van der Waals surface area contributed by atoms with Crippen LogP contribution in [0.25, 0.3) is 0 Å². The van der Waals surface area contributed by atoms with Crippen molar-refractivity contribution in [2.45, 2.75) is 39.0 Å². The fourth-order valence-electron chi connectivity index (χ4n) is 2.34. The Kier molecular flexibility index (Phi) is 6.12. The summed E-state index contributed by atoms with van der Waals surface area (Å²) in [6.07, 6.45) is 3.72. The van der Waals surface area contributed by atoms with Crippen LogP contribution in [0.2, 0.25) is 0 Å². The molecule has 0 spiro atoms. The van der Waals surface area contributed by atoms with Crippen molar-refractivity contribution in [1.82, 2.24) is 5.32 Å². The number of hydrogen-bond donors (Lipinski definition) is 3. The van der Waals surface area contributed by atoms with Gasteiger partial charge < -0.3 is 16.2 Å². The maximum Gasteiger partial charge on any atom is 0.306 e. The van der Waals surface area contributed by atoms with Crippen LogP contribution < -0.4 is 11.1 Å². The van der Waals surface area contributed by atoms with E-state index in [1.165, 1.54) is 0 Å². The first-order valence-electron chi connectivity index (χ1n) is 6.72. The lowest BCUT2D eigenvalue weighted by molar-refractivity contribution is -0.143. The summed E-state index contributed by atoms with van der Waals surface area (Å²) < 4.78 is 0. The molecule has 0 aromatic heterocycles. The average molecular weight is 256 g/mol. The monoisotopic (exact) mass is 256 g/mol. The molecule has 1 aliphatic rings. The standard InChI is InChI=1S/C13H24N2O3/c1-9(7-14)6-12(16)15-8-10-2-4-11(5-3-10)13(17)18/h9-11H,2-8,14H2,1H3,(H,15,16)(H,17,18). The Bertz CT molecular complexity index is 286. The topological polar surface area (TPSA) is 92.4 Å². The second-order valence-electron chi connectivity index (χ2n) is 5.40. The van der Waals surface area contributed by atoms with Gasteiger partial charge in [-0.25, -0.2) is 0 Å². The van der Waals surface area contributed by atoms with Crippen molar-refractivity contribution in [3.05, 3.63) is 0 Å². The van der Waals surface area contributed by atoms with Gasteiger partial charge in [0.15, 0.2) is 0 Å². The van der Waals surface area contributed by atoms with Gasteiger partial charge in [-0.15, -0.1) is 0 Å². The largest absolute Gasteiger partial charge is 0.481 e. The zero-order valence-corrected chi connectivity index (χ0v) is 11.0. The summed E-state index contributed by atoms with van der Waals surface area (Å²) in [6.45, 7) is 3.15. The molecule has 1 unspecified atom stereocenters. The minimum absolute atomic E-state index is 0.0494. The highest BCUT2D eigenvalue weighted by molar-refractivity contribution is 5.76. The Morgan fingerprint density at radius 1 is 1.33 bits per heavy atom. The highest BCUT2D eigenvalue weighted by Gasteiger charge is 2.25. The zero-order valence-electron chi connectivity index (χ0n) is 11.0. The van der Waals surface area contributed by atoms with Crippen molar-refractivity contribution in [1.29, 1.82) is 0 Å². The lowest BCUT2D eigenvalue weighted by atomic mass is 9.82. The van der Waals surface area contributed by atoms with Crippen molar-refractivity contribution in [2.75, 3.05) is 13.1 Å². The van der Waals surface area contributed by atoms with Crippen LogP contribution in [0.3, 0.4) is 0 Å². The normalized spacial score (nSPS) is 25.4. The van der Waals surface area contributed by atoms with Crippen molar-refractivity contribution < 1.29 is 14.7 Å². The first-order chi connectivity index (χ1) is 8.52. The molecule has 104 valence electrons. The molecule has 0 aromatic carbocycles. The Labute approximate surface area is 108 Å². The van der Waals surface area contributed by atoms with E-state index in [9.17, 15) is 9.59 Å². The summed E-state index contributed by atoms with van der Waals surface area (Å²) in [5, 5.41) is 11.8. The van der Waals surface area contributed by atoms with Crippen LogP contribution in [0, 0.1) is 17.8 Å². The average Bonchev–Trinajstić information content (AvgIpc) is 2.36. The van der Waals surface area contributed by atoms with Crippen LogP contribution in [0.1, 0.15) is 39.0 Å². The van der Waals surface area contributed by atoms with Crippen LogP contribution in [0.4, 0.5) is 0 Å². The van der Waals surface area contributed by atoms with Gasteiger partial charge in [0.05, 0.1) is 5.92 Å². The molecule has 5 heteroatoms. The van der Waals surface area contributed by atoms with Gasteiger partial charge in [0.2, 0.25) is 5.91 Å². The fourth-order valence-corrected chi connectivity index (χ4v) is 2.34. The Morgan fingerprint density at radius 3 is 2.44 bits per heavy atom. The van der Waals surface area contributed by atoms with E-state index in [0.717, 1.165) is 25.7 Å². The van der Waals surface area contributed by atoms with Gasteiger partial charge in [0.25, 0.3) is 0 Å². The van der Waals surface area contributed by atoms with Gasteiger partial charge >= 0.3 is 5.97 Å². The molecule has 0 heterocycles. The number of carboxylic acid groups (broad SMARTS) is 1. The Balaban J connectivity index is 2.18. The third-order valence-electron chi connectivity index (χ3n) is 3.72. The van der Waals surface area contributed by atoms with E-state index in [-0.39, 0.29) is 17.7 Å². The third kappa shape index (κ3) is 5.04. The van der Waals surface area contributed by atoms with E-state index in [4.69, 9.17) is 10.8 Å². The lowest BCUT2D eigenvalue weighted by Gasteiger charge is -2.26. The molecule has 4 N–H and O–H groups in total. The van der Waals surface area contributed by atoms with Crippen molar-refractivity contribution in [3.63, 3.8) is 0 Å². The minimum atomic E-state index is -0.686. The number of carbonyl (C=O) groups is 2. The lowest BCUT2D eigenvalue weighted by Crippen LogP contribution is -2.33. The molecule has 1 amide bonds. The van der Waals surface area contributed by atoms with Gasteiger partial charge in [-0.2, -0.15) is 0 Å². The van der Waals surface area contributed by atoms with Gasteiger partial charge in [0, 0.05) is 13.0 Å². The molecule has 1 aliphatic carbocycles. The summed E-state index contributed by atoms with van der Waals surface area (Å²) in [6, 6.07) is 0. The molecular weight excluding hydrogens is 232 g/mol. The zero-order chi connectivity index (χ0) is 13.5. The highest BCUT2D eigenvalue weighted by atomic mass is 16.4. The van der Waals surface area contributed by atoms with Crippen molar-refractivity contribution >= 4 is 11.9 Å². The maximum atomic E-state index is 11.6. The number of amides is 1. The summed E-state index contributed by atoms with van der Waals surface area (Å²) in [5.41, 5.74) is 5.47. The SMILES string of the molecule is CC(CN)CC(=O)NCC1CCC(C(=O)O)CC1. The van der Waals surface area contributed by atoms with E-state index in [1.54, 1.807) is 0 Å². The molecule has 18 heavy (non-hydrogen) atoms. The van der Waals surface area contributed by atoms with Gasteiger partial charge in [-0.1, -0.05) is 6.92 Å². The quantitative estimate of drug-likeness (QED) is 0.660. The fraction of sp³-hybridized carbons (Fsp3) is 0.846. The van der Waals surface area contributed by atoms with Crippen LogP contribution in [0.5, 0.6) is 0 Å². The first-order valence-corrected chi connectivity index (χ1v) is 6.72. The van der Waals surface area contributed by atoms with E-state index in [0.29, 0.717) is 25.4 Å². The summed E-state index contributed by atoms with van der Waals surface area (Å²) in [7, 11) is 0. The van der Waals surface area contributed by atoms with Gasteiger partial charge in [-0.3, -0.25) is 9.59 Å². The molecule has 0 radical (unpaired) electrons. The van der Waals surface area contributed by atoms with Gasteiger partial charge in [0.1, 0.15) is 0 Å². The molecule has 0 aliphatic heterocycles. The Hall–Kier alpha value is -1.10. The maximum absolute atomic E-state index is 11.6. The second kappa shape index (κ2) is 7.36. The minimum Gasteiger partial charge on any atom is -0.481 e. The molecule has 0 aromatic rings. The van der Waals surface area contributed by atoms with Crippen molar-refractivity contribution in [2.24, 2.45) is 23.5 Å². The number of hydrogen-bond acceptors (Lipinski definition) is 3. The highest BCUT2D eigenvalue weighted by Crippen LogP contribution is 2.28. The van der Waals surface area contributed by atoms with Crippen LogP contribution >= 0.6 is 0 Å². The number of carboxylic acids is 1. The van der Waals surface area contributed by atoms with E-state index < -0.39 is 5.97 Å². The molecular formula is C13H24N2O3. The molecule has 1 fully saturated rings. The predicted octanol–water partition coefficient (Wildman–Crippen LogP) is 0.979. The number of rotatable bonds is 6. The number of aliphatic carboxylic acids is 1. The molecule has 5 nitrogen and oxygen atoms in total. The van der Waals surface area contributed by atoms with E-state index in [1.807, 2.05) is 6.92 Å². The second-order valence-corrected chi connectivity index (χ2v) is 5.40. The molecule has 1 atom stereocenters. The first kappa shape index (κ1) is 15.0. The van der Waals surface area contributed by atoms with E-state index in [2.05, 4.69) is 5.32 Å².